The molecule has 0 atom stereocenters. The van der Waals surface area contributed by atoms with Crippen LogP contribution in [0.2, 0.25) is 0 Å². The quantitative estimate of drug-likeness (QED) is 0.472. The smallest absolute Gasteiger partial charge is 0.253 e. The normalized spacial score (nSPS) is 16.2. The predicted octanol–water partition coefficient (Wildman–Crippen LogP) is 6.16. The molecule has 1 fully saturated rings. The highest BCUT2D eigenvalue weighted by molar-refractivity contribution is 6.10. The van der Waals surface area contributed by atoms with Crippen LogP contribution in [0.3, 0.4) is 0 Å². The second kappa shape index (κ2) is 12.2. The van der Waals surface area contributed by atoms with Crippen molar-refractivity contribution in [2.24, 2.45) is 4.99 Å². The number of carbonyl (C=O) groups is 2. The highest BCUT2D eigenvalue weighted by Gasteiger charge is 2.23. The van der Waals surface area contributed by atoms with Gasteiger partial charge in [0.05, 0.1) is 0 Å². The molecule has 4 rings (SSSR count). The van der Waals surface area contributed by atoms with Crippen molar-refractivity contribution in [3.05, 3.63) is 58.7 Å². The van der Waals surface area contributed by atoms with Crippen LogP contribution in [0, 0.1) is 6.92 Å². The zero-order chi connectivity index (χ0) is 26.4. The molecule has 6 nitrogen and oxygen atoms in total. The number of anilines is 1. The number of benzene rings is 2. The molecule has 1 saturated heterocycles. The number of fused-ring (bicyclic) bond motifs is 1. The number of aryl methyl sites for hydroxylation is 1. The molecule has 2 aliphatic heterocycles. The number of rotatable bonds is 8. The number of unbranched alkanes of at least 4 members (excludes halogenated alkanes) is 1. The number of nitrogens with zero attached hydrogens (tertiary/aromatic N) is 3. The monoisotopic (exact) mass is 500 g/mol. The van der Waals surface area contributed by atoms with E-state index < -0.39 is 0 Å². The lowest BCUT2D eigenvalue weighted by molar-refractivity contribution is -0.127. The Hall–Kier alpha value is -3.41. The van der Waals surface area contributed by atoms with Gasteiger partial charge in [-0.15, -0.1) is 0 Å². The Morgan fingerprint density at radius 2 is 1.76 bits per heavy atom. The summed E-state index contributed by atoms with van der Waals surface area (Å²) in [5.41, 5.74) is 6.73. The maximum absolute atomic E-state index is 13.5. The molecule has 2 aliphatic rings. The fourth-order valence-corrected chi connectivity index (χ4v) is 5.19. The van der Waals surface area contributed by atoms with Crippen LogP contribution < -0.4 is 5.32 Å². The van der Waals surface area contributed by atoms with Gasteiger partial charge < -0.3 is 15.1 Å². The molecule has 196 valence electrons. The molecular weight excluding hydrogens is 460 g/mol. The van der Waals surface area contributed by atoms with Crippen LogP contribution in [-0.4, -0.2) is 60.7 Å². The molecule has 1 N–H and O–H groups in total. The Kier molecular flexibility index (Phi) is 8.80. The number of nitrogens with one attached hydrogen (secondary N) is 1. The van der Waals surface area contributed by atoms with Crippen molar-refractivity contribution in [3.8, 4) is 11.1 Å². The van der Waals surface area contributed by atoms with Crippen LogP contribution in [0.15, 0.2) is 47.0 Å². The third-order valence-corrected chi connectivity index (χ3v) is 7.31. The van der Waals surface area contributed by atoms with Gasteiger partial charge >= 0.3 is 0 Å². The van der Waals surface area contributed by atoms with Crippen LogP contribution in [-0.2, 0) is 4.79 Å². The molecule has 0 aliphatic carbocycles. The Labute approximate surface area is 221 Å². The standard InChI is InChI=1S/C31H40N4O2/c1-5-7-15-34(14-6-2)31(37)26-19-25-18-22(3)27(21-28(25)33-29(20-26)32-4)23-10-12-24(13-11-23)30(36)35-16-8-9-17-35/h10-13,18-19,21H,5-9,14-17,20H2,1-4H3,(H,32,33). The second-order valence-electron chi connectivity index (χ2n) is 10.1. The molecular formula is C31H40N4O2. The van der Waals surface area contributed by atoms with E-state index >= 15 is 0 Å². The van der Waals surface area contributed by atoms with Gasteiger partial charge in [0.15, 0.2) is 0 Å². The van der Waals surface area contributed by atoms with Gasteiger partial charge in [-0.25, -0.2) is 0 Å². The van der Waals surface area contributed by atoms with Gasteiger partial charge in [0, 0.05) is 56.5 Å². The van der Waals surface area contributed by atoms with Crippen LogP contribution in [0.1, 0.15) is 73.9 Å². The summed E-state index contributed by atoms with van der Waals surface area (Å²) in [4.78, 5) is 34.7. The molecule has 2 heterocycles. The molecule has 2 aromatic rings. The predicted molar refractivity (Wildman–Crippen MR) is 153 cm³/mol. The van der Waals surface area contributed by atoms with E-state index in [1.807, 2.05) is 40.1 Å². The summed E-state index contributed by atoms with van der Waals surface area (Å²) in [6.07, 6.45) is 7.71. The van der Waals surface area contributed by atoms with E-state index in [2.05, 4.69) is 43.2 Å². The third-order valence-electron chi connectivity index (χ3n) is 7.31. The highest BCUT2D eigenvalue weighted by atomic mass is 16.2. The van der Waals surface area contributed by atoms with E-state index in [1.54, 1.807) is 7.05 Å². The van der Waals surface area contributed by atoms with Gasteiger partial charge in [-0.3, -0.25) is 14.6 Å². The maximum Gasteiger partial charge on any atom is 0.253 e. The van der Waals surface area contributed by atoms with E-state index in [9.17, 15) is 9.59 Å². The summed E-state index contributed by atoms with van der Waals surface area (Å²) in [6, 6.07) is 12.2. The van der Waals surface area contributed by atoms with Gasteiger partial charge in [-0.1, -0.05) is 32.4 Å². The van der Waals surface area contributed by atoms with E-state index in [4.69, 9.17) is 0 Å². The molecule has 0 radical (unpaired) electrons. The number of hydrogen-bond donors (Lipinski definition) is 1. The van der Waals surface area contributed by atoms with Gasteiger partial charge in [0.1, 0.15) is 5.84 Å². The Balaban J connectivity index is 1.64. The van der Waals surface area contributed by atoms with E-state index in [1.165, 1.54) is 0 Å². The average molecular weight is 501 g/mol. The molecule has 2 aromatic carbocycles. The Bertz CT molecular complexity index is 1190. The molecule has 6 heteroatoms. The molecule has 0 saturated carbocycles. The fraction of sp³-hybridized carbons (Fsp3) is 0.452. The summed E-state index contributed by atoms with van der Waals surface area (Å²) in [6.45, 7) is 9.62. The van der Waals surface area contributed by atoms with Gasteiger partial charge in [0.25, 0.3) is 5.91 Å². The largest absolute Gasteiger partial charge is 0.343 e. The van der Waals surface area contributed by atoms with Crippen LogP contribution in [0.4, 0.5) is 5.69 Å². The number of amidine groups is 1. The molecule has 2 amide bonds. The number of amides is 2. The van der Waals surface area contributed by atoms with Crippen molar-refractivity contribution in [1.82, 2.24) is 9.80 Å². The first-order valence-corrected chi connectivity index (χ1v) is 13.7. The van der Waals surface area contributed by atoms with E-state index in [0.717, 1.165) is 103 Å². The summed E-state index contributed by atoms with van der Waals surface area (Å²) >= 11 is 0. The molecule has 37 heavy (non-hydrogen) atoms. The Morgan fingerprint density at radius 1 is 1.03 bits per heavy atom. The minimum Gasteiger partial charge on any atom is -0.343 e. The maximum atomic E-state index is 13.5. The first kappa shape index (κ1) is 26.6. The van der Waals surface area contributed by atoms with Crippen molar-refractivity contribution in [1.29, 1.82) is 0 Å². The van der Waals surface area contributed by atoms with Gasteiger partial charge in [-0.05, 0) is 85.2 Å². The number of aliphatic imine (C=N–C) groups is 1. The van der Waals surface area contributed by atoms with Crippen LogP contribution in [0.25, 0.3) is 17.2 Å². The average Bonchev–Trinajstić information content (AvgIpc) is 3.39. The zero-order valence-electron chi connectivity index (χ0n) is 22.8. The summed E-state index contributed by atoms with van der Waals surface area (Å²) in [7, 11) is 1.77. The van der Waals surface area contributed by atoms with Crippen molar-refractivity contribution >= 4 is 29.4 Å². The second-order valence-corrected chi connectivity index (χ2v) is 10.1. The lowest BCUT2D eigenvalue weighted by Gasteiger charge is -2.23. The zero-order valence-corrected chi connectivity index (χ0v) is 22.8. The lowest BCUT2D eigenvalue weighted by Crippen LogP contribution is -2.34. The van der Waals surface area contributed by atoms with Crippen LogP contribution in [0.5, 0.6) is 0 Å². The highest BCUT2D eigenvalue weighted by Crippen LogP contribution is 2.33. The third kappa shape index (κ3) is 6.12. The van der Waals surface area contributed by atoms with Crippen LogP contribution >= 0.6 is 0 Å². The Morgan fingerprint density at radius 3 is 2.41 bits per heavy atom. The topological polar surface area (TPSA) is 65.0 Å². The molecule has 0 unspecified atom stereocenters. The first-order valence-electron chi connectivity index (χ1n) is 13.7. The van der Waals surface area contributed by atoms with Crippen molar-refractivity contribution < 1.29 is 9.59 Å². The number of hydrogen-bond acceptors (Lipinski definition) is 3. The summed E-state index contributed by atoms with van der Waals surface area (Å²) in [5, 5.41) is 3.48. The van der Waals surface area contributed by atoms with Gasteiger partial charge in [-0.2, -0.15) is 0 Å². The van der Waals surface area contributed by atoms with Crippen molar-refractivity contribution in [3.63, 3.8) is 0 Å². The van der Waals surface area contributed by atoms with E-state index in [-0.39, 0.29) is 11.8 Å². The lowest BCUT2D eigenvalue weighted by atomic mass is 9.95. The summed E-state index contributed by atoms with van der Waals surface area (Å²) < 4.78 is 0. The minimum absolute atomic E-state index is 0.103. The van der Waals surface area contributed by atoms with Crippen molar-refractivity contribution in [2.45, 2.75) is 59.3 Å². The van der Waals surface area contributed by atoms with Crippen molar-refractivity contribution in [2.75, 3.05) is 38.5 Å². The molecule has 0 bridgehead atoms. The first-order chi connectivity index (χ1) is 17.9. The minimum atomic E-state index is 0.103. The molecule has 0 aromatic heterocycles. The molecule has 0 spiro atoms. The fourth-order valence-electron chi connectivity index (χ4n) is 5.19. The number of carbonyl (C=O) groups excluding carboxylic acids is 2. The SMILES string of the molecule is CCCCN(CCC)C(=O)C1=Cc2cc(C)c(-c3ccc(C(=O)N4CCCC4)cc3)cc2NC(=NC)C1. The van der Waals surface area contributed by atoms with E-state index in [0.29, 0.717) is 6.42 Å². The summed E-state index contributed by atoms with van der Waals surface area (Å²) in [5.74, 6) is 1.00. The number of likely N-dealkylation sites (tertiary alicyclic amines) is 1. The van der Waals surface area contributed by atoms with Gasteiger partial charge in [0.2, 0.25) is 5.91 Å².